The highest BCUT2D eigenvalue weighted by atomic mass is 35.5. The lowest BCUT2D eigenvalue weighted by molar-refractivity contribution is 0.144. The predicted octanol–water partition coefficient (Wildman–Crippen LogP) is 2.09. The molecule has 5 heteroatoms. The molecule has 78 valence electrons. The lowest BCUT2D eigenvalue weighted by Crippen LogP contribution is -2.06. The number of hydrogen-bond acceptors (Lipinski definition) is 3. The smallest absolute Gasteiger partial charge is 0.173 e. The molecule has 1 aromatic carbocycles. The van der Waals surface area contributed by atoms with Crippen LogP contribution in [0.3, 0.4) is 0 Å². The molecule has 0 fully saturated rings. The van der Waals surface area contributed by atoms with Crippen molar-refractivity contribution >= 4 is 17.3 Å². The van der Waals surface area contributed by atoms with E-state index in [1.165, 1.54) is 13.2 Å². The number of nitrogen functional groups attached to an aromatic ring is 1. The number of benzene rings is 1. The van der Waals surface area contributed by atoms with Crippen LogP contribution in [0.5, 0.6) is 5.75 Å². The van der Waals surface area contributed by atoms with Crippen molar-refractivity contribution in [1.82, 2.24) is 0 Å². The zero-order valence-corrected chi connectivity index (χ0v) is 8.47. The first-order valence-corrected chi connectivity index (χ1v) is 4.39. The Labute approximate surface area is 86.6 Å². The largest absolute Gasteiger partial charge is 0.487 e. The van der Waals surface area contributed by atoms with Crippen LogP contribution in [0.25, 0.3) is 0 Å². The summed E-state index contributed by atoms with van der Waals surface area (Å²) in [4.78, 5) is 0. The maximum atomic E-state index is 13.2. The van der Waals surface area contributed by atoms with Gasteiger partial charge in [-0.25, -0.2) is 4.39 Å². The summed E-state index contributed by atoms with van der Waals surface area (Å²) < 4.78 is 23.0. The Hall–Kier alpha value is -1.00. The zero-order valence-electron chi connectivity index (χ0n) is 7.72. The summed E-state index contributed by atoms with van der Waals surface area (Å²) in [7, 11) is 1.53. The van der Waals surface area contributed by atoms with Crippen LogP contribution in [-0.4, -0.2) is 20.3 Å². The molecular weight excluding hydrogens is 209 g/mol. The summed E-state index contributed by atoms with van der Waals surface area (Å²) in [5.41, 5.74) is 5.65. The maximum absolute atomic E-state index is 13.2. The third-order valence-electron chi connectivity index (χ3n) is 1.55. The van der Waals surface area contributed by atoms with Crippen LogP contribution in [0.2, 0.25) is 5.02 Å². The molecule has 0 aromatic heterocycles. The van der Waals surface area contributed by atoms with E-state index in [1.54, 1.807) is 0 Å². The molecule has 0 spiro atoms. The number of anilines is 1. The highest BCUT2D eigenvalue weighted by Gasteiger charge is 2.09. The first-order chi connectivity index (χ1) is 6.65. The average molecular weight is 220 g/mol. The molecule has 0 amide bonds. The molecule has 0 bridgehead atoms. The van der Waals surface area contributed by atoms with E-state index < -0.39 is 5.82 Å². The molecule has 0 radical (unpaired) electrons. The Kier molecular flexibility index (Phi) is 3.98. The Bertz CT molecular complexity index is 297. The molecular formula is C9H11ClFNO2. The second-order valence-corrected chi connectivity index (χ2v) is 3.06. The lowest BCUT2D eigenvalue weighted by Gasteiger charge is -2.08. The van der Waals surface area contributed by atoms with Gasteiger partial charge < -0.3 is 15.2 Å². The van der Waals surface area contributed by atoms with Crippen molar-refractivity contribution in [2.24, 2.45) is 0 Å². The Morgan fingerprint density at radius 2 is 2.14 bits per heavy atom. The molecule has 0 unspecified atom stereocenters. The quantitative estimate of drug-likeness (QED) is 0.623. The van der Waals surface area contributed by atoms with Gasteiger partial charge >= 0.3 is 0 Å². The minimum Gasteiger partial charge on any atom is -0.487 e. The summed E-state index contributed by atoms with van der Waals surface area (Å²) in [6, 6.07) is 2.60. The number of hydrogen-bond donors (Lipinski definition) is 1. The molecule has 0 atom stereocenters. The third-order valence-corrected chi connectivity index (χ3v) is 1.84. The monoisotopic (exact) mass is 219 g/mol. The van der Waals surface area contributed by atoms with E-state index >= 15 is 0 Å². The van der Waals surface area contributed by atoms with Crippen LogP contribution in [0, 0.1) is 5.82 Å². The van der Waals surface area contributed by atoms with Crippen LogP contribution in [0.15, 0.2) is 12.1 Å². The highest BCUT2D eigenvalue weighted by molar-refractivity contribution is 6.32. The van der Waals surface area contributed by atoms with Crippen molar-refractivity contribution < 1.29 is 13.9 Å². The number of methoxy groups -OCH3 is 1. The highest BCUT2D eigenvalue weighted by Crippen LogP contribution is 2.29. The van der Waals surface area contributed by atoms with Crippen LogP contribution in [0.1, 0.15) is 0 Å². The molecule has 1 aromatic rings. The summed E-state index contributed by atoms with van der Waals surface area (Å²) in [5.74, 6) is -0.552. The van der Waals surface area contributed by atoms with E-state index in [0.29, 0.717) is 6.61 Å². The molecule has 1 rings (SSSR count). The van der Waals surface area contributed by atoms with Gasteiger partial charge in [-0.2, -0.15) is 0 Å². The molecule has 0 heterocycles. The minimum absolute atomic E-state index is 0.0120. The standard InChI is InChI=1S/C9H11ClFNO2/c1-13-2-3-14-9-7(10)4-6(12)5-8(9)11/h4-5H,2-3,12H2,1H3. The third kappa shape index (κ3) is 2.75. The van der Waals surface area contributed by atoms with Crippen LogP contribution in [0.4, 0.5) is 10.1 Å². The van der Waals surface area contributed by atoms with Crippen LogP contribution >= 0.6 is 11.6 Å². The van der Waals surface area contributed by atoms with E-state index in [-0.39, 0.29) is 23.1 Å². The van der Waals surface area contributed by atoms with Gasteiger partial charge in [0.05, 0.1) is 11.6 Å². The molecule has 0 aliphatic rings. The fraction of sp³-hybridized carbons (Fsp3) is 0.333. The molecule has 3 nitrogen and oxygen atoms in total. The van der Waals surface area contributed by atoms with E-state index in [2.05, 4.69) is 0 Å². The summed E-state index contributed by atoms with van der Waals surface area (Å²) in [6.45, 7) is 0.622. The van der Waals surface area contributed by atoms with E-state index in [9.17, 15) is 4.39 Å². The first kappa shape index (κ1) is 11.1. The van der Waals surface area contributed by atoms with Gasteiger partial charge in [-0.1, -0.05) is 11.6 Å². The first-order valence-electron chi connectivity index (χ1n) is 4.01. The normalized spacial score (nSPS) is 10.2. The van der Waals surface area contributed by atoms with E-state index in [4.69, 9.17) is 26.8 Å². The fourth-order valence-corrected chi connectivity index (χ4v) is 1.22. The van der Waals surface area contributed by atoms with E-state index in [1.807, 2.05) is 0 Å². The van der Waals surface area contributed by atoms with Crippen molar-refractivity contribution in [1.29, 1.82) is 0 Å². The molecule has 0 saturated carbocycles. The van der Waals surface area contributed by atoms with Crippen molar-refractivity contribution in [2.45, 2.75) is 0 Å². The fourth-order valence-electron chi connectivity index (χ4n) is 0.944. The predicted molar refractivity (Wildman–Crippen MR) is 53.2 cm³/mol. The van der Waals surface area contributed by atoms with Crippen molar-refractivity contribution in [2.75, 3.05) is 26.1 Å². The Balaban J connectivity index is 2.75. The number of ether oxygens (including phenoxy) is 2. The average Bonchev–Trinajstić information content (AvgIpc) is 2.09. The Morgan fingerprint density at radius 1 is 1.43 bits per heavy atom. The lowest BCUT2D eigenvalue weighted by atomic mass is 10.3. The summed E-state index contributed by atoms with van der Waals surface area (Å²) in [6.07, 6.45) is 0. The van der Waals surface area contributed by atoms with Gasteiger partial charge in [-0.05, 0) is 6.07 Å². The number of rotatable bonds is 4. The van der Waals surface area contributed by atoms with Gasteiger partial charge in [0, 0.05) is 18.9 Å². The zero-order chi connectivity index (χ0) is 10.6. The Morgan fingerprint density at radius 3 is 2.71 bits per heavy atom. The molecule has 2 N–H and O–H groups in total. The molecule has 0 saturated heterocycles. The summed E-state index contributed by atoms with van der Waals surface area (Å²) in [5, 5.41) is 0.165. The topological polar surface area (TPSA) is 44.5 Å². The SMILES string of the molecule is COCCOc1c(F)cc(N)cc1Cl. The van der Waals surface area contributed by atoms with Gasteiger partial charge in [-0.15, -0.1) is 0 Å². The van der Waals surface area contributed by atoms with Crippen molar-refractivity contribution in [3.63, 3.8) is 0 Å². The number of halogens is 2. The van der Waals surface area contributed by atoms with Gasteiger partial charge in [0.1, 0.15) is 6.61 Å². The second-order valence-electron chi connectivity index (χ2n) is 2.65. The van der Waals surface area contributed by atoms with E-state index in [0.717, 1.165) is 6.07 Å². The van der Waals surface area contributed by atoms with Gasteiger partial charge in [0.25, 0.3) is 0 Å². The minimum atomic E-state index is -0.564. The maximum Gasteiger partial charge on any atom is 0.173 e. The molecule has 0 aliphatic carbocycles. The van der Waals surface area contributed by atoms with Crippen LogP contribution in [-0.2, 0) is 4.74 Å². The van der Waals surface area contributed by atoms with Gasteiger partial charge in [0.2, 0.25) is 0 Å². The second kappa shape index (κ2) is 5.02. The van der Waals surface area contributed by atoms with Gasteiger partial charge in [-0.3, -0.25) is 0 Å². The van der Waals surface area contributed by atoms with Crippen LogP contribution < -0.4 is 10.5 Å². The number of nitrogens with two attached hydrogens (primary N) is 1. The van der Waals surface area contributed by atoms with Crippen molar-refractivity contribution in [3.05, 3.63) is 23.0 Å². The van der Waals surface area contributed by atoms with Gasteiger partial charge in [0.15, 0.2) is 11.6 Å². The molecule has 0 aliphatic heterocycles. The van der Waals surface area contributed by atoms with Crippen molar-refractivity contribution in [3.8, 4) is 5.75 Å². The molecule has 14 heavy (non-hydrogen) atoms. The summed E-state index contributed by atoms with van der Waals surface area (Å²) >= 11 is 5.73.